The van der Waals surface area contributed by atoms with Crippen LogP contribution in [0.1, 0.15) is 19.4 Å². The molecule has 0 fully saturated rings. The van der Waals surface area contributed by atoms with Crippen LogP contribution in [-0.2, 0) is 10.0 Å². The van der Waals surface area contributed by atoms with Crippen LogP contribution in [0.15, 0.2) is 23.1 Å². The summed E-state index contributed by atoms with van der Waals surface area (Å²) in [6, 6.07) is 4.67. The Balaban J connectivity index is 2.93. The molecule has 0 aliphatic rings. The summed E-state index contributed by atoms with van der Waals surface area (Å²) < 4.78 is 31.5. The number of aliphatic hydroxyl groups is 1. The van der Waals surface area contributed by atoms with E-state index in [0.29, 0.717) is 12.4 Å². The molecule has 1 unspecified atom stereocenters. The van der Waals surface area contributed by atoms with E-state index in [0.717, 1.165) is 5.56 Å². The highest BCUT2D eigenvalue weighted by atomic mass is 32.2. The molecule has 1 aromatic rings. The standard InChI is InChI=1S/C12H19NO4S/c1-4-17-12-6-5-11(7-9(12)2)18(15,16)13-8-10(3)14/h5-7,10,13-14H,4,8H2,1-3H3. The summed E-state index contributed by atoms with van der Waals surface area (Å²) in [5, 5.41) is 9.08. The van der Waals surface area contributed by atoms with Crippen molar-refractivity contribution in [2.75, 3.05) is 13.2 Å². The first-order valence-corrected chi connectivity index (χ1v) is 7.26. The smallest absolute Gasteiger partial charge is 0.240 e. The van der Waals surface area contributed by atoms with Crippen LogP contribution in [-0.4, -0.2) is 32.8 Å². The minimum atomic E-state index is -3.58. The van der Waals surface area contributed by atoms with Gasteiger partial charge in [-0.3, -0.25) is 0 Å². The van der Waals surface area contributed by atoms with Gasteiger partial charge in [0.25, 0.3) is 0 Å². The molecule has 0 aromatic heterocycles. The van der Waals surface area contributed by atoms with Crippen LogP contribution in [0.3, 0.4) is 0 Å². The van der Waals surface area contributed by atoms with Gasteiger partial charge in [-0.1, -0.05) is 0 Å². The van der Waals surface area contributed by atoms with Gasteiger partial charge in [0.2, 0.25) is 10.0 Å². The van der Waals surface area contributed by atoms with Crippen LogP contribution >= 0.6 is 0 Å². The molecule has 1 aromatic carbocycles. The van der Waals surface area contributed by atoms with Crippen molar-refractivity contribution in [2.45, 2.75) is 31.8 Å². The largest absolute Gasteiger partial charge is 0.494 e. The molecule has 1 rings (SSSR count). The summed E-state index contributed by atoms with van der Waals surface area (Å²) in [4.78, 5) is 0.170. The SMILES string of the molecule is CCOc1ccc(S(=O)(=O)NCC(C)O)cc1C. The first-order chi connectivity index (χ1) is 8.36. The van der Waals surface area contributed by atoms with Crippen molar-refractivity contribution in [3.05, 3.63) is 23.8 Å². The molecule has 0 bridgehead atoms. The zero-order valence-corrected chi connectivity index (χ0v) is 11.6. The quantitative estimate of drug-likeness (QED) is 0.812. The van der Waals surface area contributed by atoms with Crippen LogP contribution in [0, 0.1) is 6.92 Å². The maximum absolute atomic E-state index is 11.9. The summed E-state index contributed by atoms with van der Waals surface area (Å²) in [5.74, 6) is 0.673. The fourth-order valence-corrected chi connectivity index (χ4v) is 2.63. The van der Waals surface area contributed by atoms with Crippen LogP contribution < -0.4 is 9.46 Å². The predicted octanol–water partition coefficient (Wildman–Crippen LogP) is 1.05. The molecule has 6 heteroatoms. The monoisotopic (exact) mass is 273 g/mol. The number of sulfonamides is 1. The van der Waals surface area contributed by atoms with E-state index < -0.39 is 16.1 Å². The maximum atomic E-state index is 11.9. The fourth-order valence-electron chi connectivity index (χ4n) is 1.42. The molecule has 18 heavy (non-hydrogen) atoms. The zero-order valence-electron chi connectivity index (χ0n) is 10.8. The lowest BCUT2D eigenvalue weighted by Crippen LogP contribution is -2.30. The van der Waals surface area contributed by atoms with Gasteiger partial charge in [0, 0.05) is 6.54 Å². The summed E-state index contributed by atoms with van der Waals surface area (Å²) in [7, 11) is -3.58. The molecule has 0 aliphatic heterocycles. The Morgan fingerprint density at radius 3 is 2.61 bits per heavy atom. The highest BCUT2D eigenvalue weighted by Gasteiger charge is 2.15. The number of hydrogen-bond donors (Lipinski definition) is 2. The molecule has 0 heterocycles. The second kappa shape index (κ2) is 6.17. The predicted molar refractivity (Wildman–Crippen MR) is 69.2 cm³/mol. The summed E-state index contributed by atoms with van der Waals surface area (Å²) in [6.07, 6.45) is -0.719. The van der Waals surface area contributed by atoms with Crippen LogP contribution in [0.4, 0.5) is 0 Å². The molecule has 1 atom stereocenters. The van der Waals surface area contributed by atoms with Gasteiger partial charge in [-0.25, -0.2) is 13.1 Å². The average molecular weight is 273 g/mol. The number of rotatable bonds is 6. The third kappa shape index (κ3) is 3.97. The van der Waals surface area contributed by atoms with Crippen LogP contribution in [0.5, 0.6) is 5.75 Å². The molecular weight excluding hydrogens is 254 g/mol. The van der Waals surface area contributed by atoms with E-state index in [-0.39, 0.29) is 11.4 Å². The summed E-state index contributed by atoms with van der Waals surface area (Å²) >= 11 is 0. The number of aliphatic hydroxyl groups excluding tert-OH is 1. The Labute approximate surface area is 108 Å². The van der Waals surface area contributed by atoms with E-state index in [4.69, 9.17) is 9.84 Å². The van der Waals surface area contributed by atoms with Crippen LogP contribution in [0.2, 0.25) is 0 Å². The molecule has 2 N–H and O–H groups in total. The van der Waals surface area contributed by atoms with Crippen molar-refractivity contribution in [1.82, 2.24) is 4.72 Å². The summed E-state index contributed by atoms with van der Waals surface area (Å²) in [5.41, 5.74) is 0.761. The molecule has 0 radical (unpaired) electrons. The number of aryl methyl sites for hydroxylation is 1. The number of ether oxygens (including phenoxy) is 1. The molecule has 0 aliphatic carbocycles. The van der Waals surface area contributed by atoms with E-state index >= 15 is 0 Å². The number of nitrogens with one attached hydrogen (secondary N) is 1. The second-order valence-electron chi connectivity index (χ2n) is 4.06. The lowest BCUT2D eigenvalue weighted by Gasteiger charge is -2.11. The topological polar surface area (TPSA) is 75.6 Å². The van der Waals surface area contributed by atoms with Crippen molar-refractivity contribution in [2.24, 2.45) is 0 Å². The second-order valence-corrected chi connectivity index (χ2v) is 5.83. The Morgan fingerprint density at radius 1 is 1.44 bits per heavy atom. The Bertz CT molecular complexity index is 497. The van der Waals surface area contributed by atoms with E-state index in [9.17, 15) is 8.42 Å². The van der Waals surface area contributed by atoms with Gasteiger partial charge < -0.3 is 9.84 Å². The van der Waals surface area contributed by atoms with Gasteiger partial charge in [0.1, 0.15) is 5.75 Å². The number of hydrogen-bond acceptors (Lipinski definition) is 4. The van der Waals surface area contributed by atoms with Crippen molar-refractivity contribution in [1.29, 1.82) is 0 Å². The normalized spacial score (nSPS) is 13.3. The Kier molecular flexibility index (Phi) is 5.13. The number of benzene rings is 1. The molecule has 0 saturated carbocycles. The van der Waals surface area contributed by atoms with Gasteiger partial charge in [-0.15, -0.1) is 0 Å². The van der Waals surface area contributed by atoms with E-state index in [1.165, 1.54) is 13.0 Å². The van der Waals surface area contributed by atoms with Gasteiger partial charge in [-0.2, -0.15) is 0 Å². The highest BCUT2D eigenvalue weighted by Crippen LogP contribution is 2.21. The van der Waals surface area contributed by atoms with Crippen LogP contribution in [0.25, 0.3) is 0 Å². The maximum Gasteiger partial charge on any atom is 0.240 e. The third-order valence-electron chi connectivity index (χ3n) is 2.33. The minimum absolute atomic E-state index is 0.00536. The first kappa shape index (κ1) is 14.9. The van der Waals surface area contributed by atoms with Crippen molar-refractivity contribution >= 4 is 10.0 Å². The van der Waals surface area contributed by atoms with Gasteiger partial charge in [0.15, 0.2) is 0 Å². The molecule has 5 nitrogen and oxygen atoms in total. The first-order valence-electron chi connectivity index (χ1n) is 5.78. The van der Waals surface area contributed by atoms with E-state index in [1.54, 1.807) is 19.1 Å². The molecule has 0 amide bonds. The highest BCUT2D eigenvalue weighted by molar-refractivity contribution is 7.89. The molecule has 0 spiro atoms. The van der Waals surface area contributed by atoms with Gasteiger partial charge in [-0.05, 0) is 44.5 Å². The van der Waals surface area contributed by atoms with Crippen molar-refractivity contribution in [3.63, 3.8) is 0 Å². The lowest BCUT2D eigenvalue weighted by molar-refractivity contribution is 0.198. The minimum Gasteiger partial charge on any atom is -0.494 e. The Hall–Kier alpha value is -1.11. The van der Waals surface area contributed by atoms with E-state index in [1.807, 2.05) is 6.92 Å². The fraction of sp³-hybridized carbons (Fsp3) is 0.500. The van der Waals surface area contributed by atoms with Gasteiger partial charge >= 0.3 is 0 Å². The van der Waals surface area contributed by atoms with Crippen molar-refractivity contribution < 1.29 is 18.3 Å². The molecular formula is C12H19NO4S. The molecule has 102 valence electrons. The summed E-state index contributed by atoms with van der Waals surface area (Å²) in [6.45, 7) is 5.71. The lowest BCUT2D eigenvalue weighted by atomic mass is 10.2. The Morgan fingerprint density at radius 2 is 2.11 bits per heavy atom. The average Bonchev–Trinajstić information content (AvgIpc) is 2.29. The van der Waals surface area contributed by atoms with Gasteiger partial charge in [0.05, 0.1) is 17.6 Å². The molecule has 0 saturated heterocycles. The van der Waals surface area contributed by atoms with Crippen molar-refractivity contribution in [3.8, 4) is 5.75 Å². The van der Waals surface area contributed by atoms with E-state index in [2.05, 4.69) is 4.72 Å². The third-order valence-corrected chi connectivity index (χ3v) is 3.75. The zero-order chi connectivity index (χ0) is 13.8.